The zero-order chi connectivity index (χ0) is 24.1. The van der Waals surface area contributed by atoms with Crippen molar-refractivity contribution in [3.8, 4) is 0 Å². The van der Waals surface area contributed by atoms with Crippen LogP contribution < -0.4 is 0 Å². The summed E-state index contributed by atoms with van der Waals surface area (Å²) in [5.41, 5.74) is 0.999. The molecule has 0 N–H and O–H groups in total. The average Bonchev–Trinajstić information content (AvgIpc) is 3.28. The smallest absolute Gasteiger partial charge is 0.416 e. The number of oxazole rings is 1. The van der Waals surface area contributed by atoms with E-state index in [1.807, 2.05) is 35.2 Å². The third kappa shape index (κ3) is 6.03. The highest BCUT2D eigenvalue weighted by Gasteiger charge is 2.33. The van der Waals surface area contributed by atoms with Crippen molar-refractivity contribution in [3.63, 3.8) is 0 Å². The molecule has 2 aromatic carbocycles. The molecule has 0 aliphatic carbocycles. The summed E-state index contributed by atoms with van der Waals surface area (Å²) in [6.07, 6.45) is -2.98. The molecule has 1 aliphatic heterocycles. The van der Waals surface area contributed by atoms with Crippen LogP contribution in [0, 0.1) is 0 Å². The number of carbonyl (C=O) groups is 1. The number of amides is 1. The van der Waals surface area contributed by atoms with Gasteiger partial charge in [0.15, 0.2) is 5.69 Å². The summed E-state index contributed by atoms with van der Waals surface area (Å²) >= 11 is 0. The van der Waals surface area contributed by atoms with E-state index >= 15 is 0 Å². The number of alkyl halides is 3. The molecule has 9 heteroatoms. The highest BCUT2D eigenvalue weighted by Crippen LogP contribution is 2.32. The van der Waals surface area contributed by atoms with Crippen LogP contribution in [0.1, 0.15) is 33.1 Å². The molecule has 0 atom stereocenters. The second-order valence-corrected chi connectivity index (χ2v) is 8.48. The van der Waals surface area contributed by atoms with Crippen molar-refractivity contribution < 1.29 is 22.4 Å². The Hall–Kier alpha value is -3.17. The number of hydrogen-bond donors (Lipinski definition) is 0. The average molecular weight is 473 g/mol. The van der Waals surface area contributed by atoms with E-state index in [1.165, 1.54) is 18.4 Å². The summed E-state index contributed by atoms with van der Waals surface area (Å²) in [5.74, 6) is 0.235. The number of rotatable bonds is 7. The van der Waals surface area contributed by atoms with Gasteiger partial charge in [0.05, 0.1) is 12.1 Å². The van der Waals surface area contributed by atoms with Gasteiger partial charge in [-0.3, -0.25) is 14.6 Å². The van der Waals surface area contributed by atoms with Crippen molar-refractivity contribution in [2.45, 2.75) is 25.8 Å². The van der Waals surface area contributed by atoms with Crippen LogP contribution in [-0.4, -0.2) is 58.8 Å². The molecule has 0 unspecified atom stereocenters. The highest BCUT2D eigenvalue weighted by atomic mass is 19.4. The SMILES string of the molecule is CN(Cc1ccccc1)C(=O)c1coc(CN2CCN(Cc3ccccc3C(F)(F)F)CC2)n1. The molecule has 3 aromatic rings. The molecule has 1 amide bonds. The summed E-state index contributed by atoms with van der Waals surface area (Å²) in [6, 6.07) is 15.4. The predicted octanol–water partition coefficient (Wildman–Crippen LogP) is 4.28. The number of benzene rings is 2. The molecule has 0 radical (unpaired) electrons. The minimum Gasteiger partial charge on any atom is -0.447 e. The van der Waals surface area contributed by atoms with Crippen LogP contribution in [0.3, 0.4) is 0 Å². The number of hydrogen-bond acceptors (Lipinski definition) is 5. The van der Waals surface area contributed by atoms with E-state index in [2.05, 4.69) is 9.88 Å². The van der Waals surface area contributed by atoms with Gasteiger partial charge in [-0.15, -0.1) is 0 Å². The molecule has 6 nitrogen and oxygen atoms in total. The number of piperazine rings is 1. The Bertz CT molecular complexity index is 1090. The summed E-state index contributed by atoms with van der Waals surface area (Å²) in [7, 11) is 1.72. The number of aromatic nitrogens is 1. The molecule has 1 fully saturated rings. The second kappa shape index (κ2) is 10.4. The van der Waals surface area contributed by atoms with Gasteiger partial charge in [0.2, 0.25) is 5.89 Å². The molecule has 0 bridgehead atoms. The van der Waals surface area contributed by atoms with Gasteiger partial charge in [0.25, 0.3) is 5.91 Å². The Morgan fingerprint density at radius 1 is 0.971 bits per heavy atom. The van der Waals surface area contributed by atoms with Crippen LogP contribution in [0.25, 0.3) is 0 Å². The van der Waals surface area contributed by atoms with Gasteiger partial charge in [0, 0.05) is 46.3 Å². The maximum Gasteiger partial charge on any atom is 0.416 e. The molecule has 34 heavy (non-hydrogen) atoms. The lowest BCUT2D eigenvalue weighted by molar-refractivity contribution is -0.138. The molecule has 0 spiro atoms. The number of nitrogens with zero attached hydrogens (tertiary/aromatic N) is 4. The fraction of sp³-hybridized carbons (Fsp3) is 0.360. The molecule has 1 saturated heterocycles. The quantitative estimate of drug-likeness (QED) is 0.514. The fourth-order valence-electron chi connectivity index (χ4n) is 4.08. The van der Waals surface area contributed by atoms with Gasteiger partial charge in [-0.05, 0) is 17.2 Å². The van der Waals surface area contributed by atoms with Crippen LogP contribution in [0.5, 0.6) is 0 Å². The molecule has 0 saturated carbocycles. The second-order valence-electron chi connectivity index (χ2n) is 8.48. The third-order valence-corrected chi connectivity index (χ3v) is 5.92. The molecule has 1 aliphatic rings. The van der Waals surface area contributed by atoms with Crippen molar-refractivity contribution in [2.24, 2.45) is 0 Å². The van der Waals surface area contributed by atoms with Crippen molar-refractivity contribution in [1.82, 2.24) is 19.7 Å². The van der Waals surface area contributed by atoms with E-state index in [0.717, 1.165) is 11.6 Å². The minimum atomic E-state index is -4.35. The first-order chi connectivity index (χ1) is 16.3. The number of halogens is 3. The minimum absolute atomic E-state index is 0.216. The maximum atomic E-state index is 13.3. The molecular formula is C25H27F3N4O2. The van der Waals surface area contributed by atoms with Crippen molar-refractivity contribution in [3.05, 3.63) is 89.1 Å². The summed E-state index contributed by atoms with van der Waals surface area (Å²) in [6.45, 7) is 3.80. The standard InChI is InChI=1S/C25H27F3N4O2/c1-30(15-19-7-3-2-4-8-19)24(33)22-18-34-23(29-22)17-32-13-11-31(12-14-32)16-20-9-5-6-10-21(20)25(26,27)28/h2-10,18H,11-17H2,1H3. The summed E-state index contributed by atoms with van der Waals surface area (Å²) < 4.78 is 45.3. The van der Waals surface area contributed by atoms with Gasteiger partial charge in [-0.1, -0.05) is 48.5 Å². The van der Waals surface area contributed by atoms with Crippen LogP contribution in [-0.2, 0) is 25.8 Å². The maximum absolute atomic E-state index is 13.3. The van der Waals surface area contributed by atoms with Crippen LogP contribution in [0.2, 0.25) is 0 Å². The molecular weight excluding hydrogens is 445 g/mol. The largest absolute Gasteiger partial charge is 0.447 e. The Labute approximate surface area is 196 Å². The lowest BCUT2D eigenvalue weighted by Crippen LogP contribution is -2.45. The van der Waals surface area contributed by atoms with Gasteiger partial charge in [-0.2, -0.15) is 13.2 Å². The first-order valence-electron chi connectivity index (χ1n) is 11.1. The van der Waals surface area contributed by atoms with E-state index in [9.17, 15) is 18.0 Å². The van der Waals surface area contributed by atoms with Crippen molar-refractivity contribution >= 4 is 5.91 Å². The zero-order valence-corrected chi connectivity index (χ0v) is 19.0. The number of carbonyl (C=O) groups excluding carboxylic acids is 1. The zero-order valence-electron chi connectivity index (χ0n) is 19.0. The highest BCUT2D eigenvalue weighted by molar-refractivity contribution is 5.91. The molecule has 4 rings (SSSR count). The van der Waals surface area contributed by atoms with Crippen molar-refractivity contribution in [1.29, 1.82) is 0 Å². The van der Waals surface area contributed by atoms with Gasteiger partial charge in [0.1, 0.15) is 6.26 Å². The van der Waals surface area contributed by atoms with E-state index in [1.54, 1.807) is 18.0 Å². The monoisotopic (exact) mass is 472 g/mol. The van der Waals surface area contributed by atoms with Gasteiger partial charge >= 0.3 is 6.18 Å². The molecule has 2 heterocycles. The Morgan fingerprint density at radius 3 is 2.26 bits per heavy atom. The third-order valence-electron chi connectivity index (χ3n) is 5.92. The van der Waals surface area contributed by atoms with E-state index in [-0.39, 0.29) is 18.1 Å². The summed E-state index contributed by atoms with van der Waals surface area (Å²) in [4.78, 5) is 22.8. The molecule has 1 aromatic heterocycles. The van der Waals surface area contributed by atoms with Crippen LogP contribution in [0.15, 0.2) is 65.3 Å². The Morgan fingerprint density at radius 2 is 1.59 bits per heavy atom. The molecule has 180 valence electrons. The van der Waals surface area contributed by atoms with Crippen molar-refractivity contribution in [2.75, 3.05) is 33.2 Å². The van der Waals surface area contributed by atoms with E-state index in [4.69, 9.17) is 4.42 Å². The Kier molecular flexibility index (Phi) is 7.33. The van der Waals surface area contributed by atoms with Crippen LogP contribution >= 0.6 is 0 Å². The van der Waals surface area contributed by atoms with Gasteiger partial charge in [-0.25, -0.2) is 4.98 Å². The lowest BCUT2D eigenvalue weighted by Gasteiger charge is -2.34. The topological polar surface area (TPSA) is 52.8 Å². The van der Waals surface area contributed by atoms with Crippen LogP contribution in [0.4, 0.5) is 13.2 Å². The fourth-order valence-corrected chi connectivity index (χ4v) is 4.08. The van der Waals surface area contributed by atoms with E-state index in [0.29, 0.717) is 50.7 Å². The Balaban J connectivity index is 1.28. The normalized spacial score (nSPS) is 15.4. The van der Waals surface area contributed by atoms with E-state index < -0.39 is 11.7 Å². The summed E-state index contributed by atoms with van der Waals surface area (Å²) in [5, 5.41) is 0. The van der Waals surface area contributed by atoms with Gasteiger partial charge < -0.3 is 9.32 Å². The first-order valence-corrected chi connectivity index (χ1v) is 11.1. The first kappa shape index (κ1) is 24.0. The lowest BCUT2D eigenvalue weighted by atomic mass is 10.1. The predicted molar refractivity (Wildman–Crippen MR) is 121 cm³/mol.